The van der Waals surface area contributed by atoms with E-state index in [4.69, 9.17) is 0 Å². The van der Waals surface area contributed by atoms with E-state index in [1.165, 1.54) is 21.9 Å². The van der Waals surface area contributed by atoms with Crippen molar-refractivity contribution in [2.45, 2.75) is 17.8 Å². The fourth-order valence-corrected chi connectivity index (χ4v) is 3.60. The Labute approximate surface area is 145 Å². The van der Waals surface area contributed by atoms with Gasteiger partial charge in [0, 0.05) is 11.3 Å². The molecular weight excluding hydrogens is 314 g/mol. The molecule has 0 bridgehead atoms. The van der Waals surface area contributed by atoms with E-state index >= 15 is 0 Å². The van der Waals surface area contributed by atoms with Crippen LogP contribution in [0.15, 0.2) is 71.9 Å². The van der Waals surface area contributed by atoms with Crippen LogP contribution in [-0.4, -0.2) is 15.2 Å². The van der Waals surface area contributed by atoms with Crippen LogP contribution in [0.25, 0.3) is 22.2 Å². The standard InChI is InChI=1S/C20H17N3S/c1-14-6-4-9-16(12-14)19-21-20(23-22-19)24-13-17-10-5-8-15-7-2-3-11-18(15)17/h2-12H,13H2,1H3,(H,21,22,23). The summed E-state index contributed by atoms with van der Waals surface area (Å²) in [5.41, 5.74) is 3.59. The van der Waals surface area contributed by atoms with Crippen LogP contribution < -0.4 is 0 Å². The second-order valence-electron chi connectivity index (χ2n) is 5.76. The third kappa shape index (κ3) is 3.05. The van der Waals surface area contributed by atoms with Gasteiger partial charge in [0.2, 0.25) is 5.16 Å². The molecule has 0 radical (unpaired) electrons. The van der Waals surface area contributed by atoms with E-state index in [0.717, 1.165) is 22.3 Å². The number of benzene rings is 3. The fraction of sp³-hybridized carbons (Fsp3) is 0.100. The number of rotatable bonds is 4. The zero-order valence-corrected chi connectivity index (χ0v) is 14.2. The lowest BCUT2D eigenvalue weighted by Gasteiger charge is -2.04. The SMILES string of the molecule is Cc1cccc(-c2nc(SCc3cccc4ccccc34)n[nH]2)c1. The summed E-state index contributed by atoms with van der Waals surface area (Å²) in [5.74, 6) is 1.67. The van der Waals surface area contributed by atoms with Crippen molar-refractivity contribution in [1.82, 2.24) is 15.2 Å². The molecule has 0 fully saturated rings. The normalized spacial score (nSPS) is 11.0. The number of aromatic nitrogens is 3. The van der Waals surface area contributed by atoms with E-state index in [9.17, 15) is 0 Å². The number of nitrogens with one attached hydrogen (secondary N) is 1. The quantitative estimate of drug-likeness (QED) is 0.521. The smallest absolute Gasteiger partial charge is 0.209 e. The maximum absolute atomic E-state index is 4.61. The second kappa shape index (κ2) is 6.49. The molecule has 0 atom stereocenters. The first-order valence-electron chi connectivity index (χ1n) is 7.88. The Kier molecular flexibility index (Phi) is 4.05. The van der Waals surface area contributed by atoms with Crippen LogP contribution in [0.1, 0.15) is 11.1 Å². The molecule has 4 heteroatoms. The molecule has 0 aliphatic heterocycles. The van der Waals surface area contributed by atoms with Crippen LogP contribution in [0.5, 0.6) is 0 Å². The number of aromatic amines is 1. The van der Waals surface area contributed by atoms with Gasteiger partial charge in [-0.2, -0.15) is 0 Å². The van der Waals surface area contributed by atoms with E-state index in [1.807, 2.05) is 12.1 Å². The van der Waals surface area contributed by atoms with Gasteiger partial charge in [-0.3, -0.25) is 5.10 Å². The van der Waals surface area contributed by atoms with E-state index < -0.39 is 0 Å². The lowest BCUT2D eigenvalue weighted by atomic mass is 10.1. The molecule has 24 heavy (non-hydrogen) atoms. The summed E-state index contributed by atoms with van der Waals surface area (Å²) >= 11 is 1.65. The molecule has 118 valence electrons. The first-order valence-corrected chi connectivity index (χ1v) is 8.87. The largest absolute Gasteiger partial charge is 0.258 e. The molecule has 0 saturated carbocycles. The Bertz CT molecular complexity index is 986. The Morgan fingerprint density at radius 1 is 0.958 bits per heavy atom. The molecule has 0 saturated heterocycles. The zero-order valence-electron chi connectivity index (χ0n) is 13.4. The number of hydrogen-bond donors (Lipinski definition) is 1. The highest BCUT2D eigenvalue weighted by Crippen LogP contribution is 2.26. The molecule has 4 rings (SSSR count). The first-order chi connectivity index (χ1) is 11.8. The molecule has 0 spiro atoms. The predicted molar refractivity (Wildman–Crippen MR) is 100 cm³/mol. The van der Waals surface area contributed by atoms with Crippen LogP contribution >= 0.6 is 11.8 Å². The molecule has 1 aromatic heterocycles. The maximum Gasteiger partial charge on any atom is 0.209 e. The molecule has 1 heterocycles. The minimum atomic E-state index is 0.777. The van der Waals surface area contributed by atoms with Gasteiger partial charge in [-0.1, -0.05) is 78.0 Å². The molecule has 3 nitrogen and oxygen atoms in total. The monoisotopic (exact) mass is 331 g/mol. The lowest BCUT2D eigenvalue weighted by Crippen LogP contribution is -1.85. The molecule has 0 unspecified atom stereocenters. The summed E-state index contributed by atoms with van der Waals surface area (Å²) in [6, 6.07) is 23.2. The zero-order chi connectivity index (χ0) is 16.4. The number of thioether (sulfide) groups is 1. The molecule has 0 amide bonds. The van der Waals surface area contributed by atoms with Crippen molar-refractivity contribution < 1.29 is 0 Å². The minimum Gasteiger partial charge on any atom is -0.258 e. The average molecular weight is 331 g/mol. The molecule has 3 aromatic carbocycles. The van der Waals surface area contributed by atoms with Gasteiger partial charge >= 0.3 is 0 Å². The Balaban J connectivity index is 1.54. The van der Waals surface area contributed by atoms with Crippen molar-refractivity contribution in [1.29, 1.82) is 0 Å². The van der Waals surface area contributed by atoms with E-state index in [-0.39, 0.29) is 0 Å². The van der Waals surface area contributed by atoms with Gasteiger partial charge in [0.25, 0.3) is 0 Å². The number of nitrogens with zero attached hydrogens (tertiary/aromatic N) is 2. The van der Waals surface area contributed by atoms with Gasteiger partial charge < -0.3 is 0 Å². The van der Waals surface area contributed by atoms with Gasteiger partial charge in [0.15, 0.2) is 5.82 Å². The Morgan fingerprint density at radius 2 is 1.79 bits per heavy atom. The van der Waals surface area contributed by atoms with Gasteiger partial charge in [-0.25, -0.2) is 4.98 Å². The molecule has 0 aliphatic carbocycles. The summed E-state index contributed by atoms with van der Waals surface area (Å²) in [7, 11) is 0. The van der Waals surface area contributed by atoms with Crippen LogP contribution in [0.4, 0.5) is 0 Å². The van der Waals surface area contributed by atoms with Crippen molar-refractivity contribution in [3.05, 3.63) is 77.9 Å². The maximum atomic E-state index is 4.61. The van der Waals surface area contributed by atoms with Crippen molar-refractivity contribution >= 4 is 22.5 Å². The summed E-state index contributed by atoms with van der Waals surface area (Å²) in [6.45, 7) is 2.08. The first kappa shape index (κ1) is 15.0. The molecular formula is C20H17N3S. The van der Waals surface area contributed by atoms with Crippen molar-refractivity contribution in [3.8, 4) is 11.4 Å². The summed E-state index contributed by atoms with van der Waals surface area (Å²) in [6.07, 6.45) is 0. The summed E-state index contributed by atoms with van der Waals surface area (Å²) in [5, 5.41) is 10.7. The highest BCUT2D eigenvalue weighted by atomic mass is 32.2. The van der Waals surface area contributed by atoms with Gasteiger partial charge in [-0.05, 0) is 29.3 Å². The number of fused-ring (bicyclic) bond motifs is 1. The van der Waals surface area contributed by atoms with Crippen molar-refractivity contribution in [2.24, 2.45) is 0 Å². The van der Waals surface area contributed by atoms with Crippen molar-refractivity contribution in [3.63, 3.8) is 0 Å². The molecule has 1 N–H and O–H groups in total. The van der Waals surface area contributed by atoms with E-state index in [2.05, 4.69) is 76.7 Å². The van der Waals surface area contributed by atoms with E-state index in [0.29, 0.717) is 0 Å². The fourth-order valence-electron chi connectivity index (χ4n) is 2.79. The van der Waals surface area contributed by atoms with Crippen LogP contribution in [-0.2, 0) is 5.75 Å². The van der Waals surface area contributed by atoms with Gasteiger partial charge in [-0.15, -0.1) is 5.10 Å². The van der Waals surface area contributed by atoms with Crippen LogP contribution in [0.3, 0.4) is 0 Å². The minimum absolute atomic E-state index is 0.777. The van der Waals surface area contributed by atoms with Crippen molar-refractivity contribution in [2.75, 3.05) is 0 Å². The predicted octanol–water partition coefficient (Wildman–Crippen LogP) is 5.23. The number of hydrogen-bond acceptors (Lipinski definition) is 3. The Morgan fingerprint density at radius 3 is 2.71 bits per heavy atom. The van der Waals surface area contributed by atoms with Crippen LogP contribution in [0.2, 0.25) is 0 Å². The summed E-state index contributed by atoms with van der Waals surface area (Å²) in [4.78, 5) is 4.61. The third-order valence-corrected chi connectivity index (χ3v) is 4.89. The molecule has 0 aliphatic rings. The van der Waals surface area contributed by atoms with Gasteiger partial charge in [0.05, 0.1) is 0 Å². The average Bonchev–Trinajstić information content (AvgIpc) is 3.09. The van der Waals surface area contributed by atoms with Gasteiger partial charge in [0.1, 0.15) is 0 Å². The number of H-pyrrole nitrogens is 1. The molecule has 4 aromatic rings. The Hall–Kier alpha value is -2.59. The van der Waals surface area contributed by atoms with E-state index in [1.54, 1.807) is 11.8 Å². The summed E-state index contributed by atoms with van der Waals surface area (Å²) < 4.78 is 0. The second-order valence-corrected chi connectivity index (χ2v) is 6.71. The number of aryl methyl sites for hydroxylation is 1. The highest BCUT2D eigenvalue weighted by molar-refractivity contribution is 7.98. The van der Waals surface area contributed by atoms with Crippen LogP contribution in [0, 0.1) is 6.92 Å². The third-order valence-electron chi connectivity index (χ3n) is 3.99. The topological polar surface area (TPSA) is 41.6 Å². The lowest BCUT2D eigenvalue weighted by molar-refractivity contribution is 0.973. The highest BCUT2D eigenvalue weighted by Gasteiger charge is 2.08.